The van der Waals surface area contributed by atoms with Crippen LogP contribution in [0.25, 0.3) is 0 Å². The maximum Gasteiger partial charge on any atom is 0.312 e. The fraction of sp³-hybridized carbons (Fsp3) is 0.833. The van der Waals surface area contributed by atoms with E-state index in [-0.39, 0.29) is 13.2 Å². The summed E-state index contributed by atoms with van der Waals surface area (Å²) in [7, 11) is 0. The minimum atomic E-state index is -0.966. The Bertz CT molecular complexity index is 126. The fourth-order valence-electron chi connectivity index (χ4n) is 0.702. The molecule has 5 N–H and O–H groups in total. The van der Waals surface area contributed by atoms with Crippen molar-refractivity contribution in [2.45, 2.75) is 18.9 Å². The van der Waals surface area contributed by atoms with E-state index in [9.17, 15) is 4.79 Å². The highest BCUT2D eigenvalue weighted by Gasteiger charge is 2.27. The van der Waals surface area contributed by atoms with Gasteiger partial charge in [-0.15, -0.1) is 0 Å². The SMILES string of the molecule is CCC(CO)(CO)NC(N)=O. The first-order valence-corrected chi connectivity index (χ1v) is 3.39. The number of nitrogens with two attached hydrogens (primary N) is 1. The fourth-order valence-corrected chi connectivity index (χ4v) is 0.702. The second-order valence-corrected chi connectivity index (χ2v) is 2.44. The number of nitrogens with one attached hydrogen (secondary N) is 1. The molecule has 0 radical (unpaired) electrons. The summed E-state index contributed by atoms with van der Waals surface area (Å²) in [6.07, 6.45) is 0.433. The van der Waals surface area contributed by atoms with Gasteiger partial charge >= 0.3 is 6.03 Å². The average Bonchev–Trinajstić information content (AvgIpc) is 2.00. The topological polar surface area (TPSA) is 95.6 Å². The Balaban J connectivity index is 4.16. The first-order chi connectivity index (χ1) is 5.10. The Morgan fingerprint density at radius 3 is 2.09 bits per heavy atom. The van der Waals surface area contributed by atoms with Gasteiger partial charge in [0.1, 0.15) is 0 Å². The summed E-state index contributed by atoms with van der Waals surface area (Å²) in [5, 5.41) is 19.9. The molecule has 66 valence electrons. The average molecular weight is 162 g/mol. The third-order valence-corrected chi connectivity index (χ3v) is 1.67. The van der Waals surface area contributed by atoms with Crippen molar-refractivity contribution in [1.29, 1.82) is 0 Å². The number of aliphatic hydroxyl groups excluding tert-OH is 2. The van der Waals surface area contributed by atoms with Gasteiger partial charge < -0.3 is 21.3 Å². The highest BCUT2D eigenvalue weighted by molar-refractivity contribution is 5.72. The minimum absolute atomic E-state index is 0.317. The summed E-state index contributed by atoms with van der Waals surface area (Å²) in [6.45, 7) is 1.11. The van der Waals surface area contributed by atoms with E-state index in [0.717, 1.165) is 0 Å². The number of hydrogen-bond donors (Lipinski definition) is 4. The van der Waals surface area contributed by atoms with Gasteiger partial charge in [0, 0.05) is 0 Å². The molecule has 5 heteroatoms. The lowest BCUT2D eigenvalue weighted by Crippen LogP contribution is -2.55. The summed E-state index contributed by atoms with van der Waals surface area (Å²) < 4.78 is 0. The number of urea groups is 1. The maximum absolute atomic E-state index is 10.4. The summed E-state index contributed by atoms with van der Waals surface area (Å²) in [6, 6.07) is -0.741. The zero-order chi connectivity index (χ0) is 8.91. The molecule has 0 aliphatic rings. The molecule has 0 unspecified atom stereocenters. The van der Waals surface area contributed by atoms with Crippen LogP contribution in [-0.4, -0.2) is 35.0 Å². The lowest BCUT2D eigenvalue weighted by atomic mass is 9.99. The summed E-state index contributed by atoms with van der Waals surface area (Å²) in [5.41, 5.74) is 3.87. The molecular formula is C6H14N2O3. The van der Waals surface area contributed by atoms with Crippen LogP contribution >= 0.6 is 0 Å². The van der Waals surface area contributed by atoms with Gasteiger partial charge in [-0.05, 0) is 6.42 Å². The van der Waals surface area contributed by atoms with Crippen LogP contribution in [0.15, 0.2) is 0 Å². The quantitative estimate of drug-likeness (QED) is 0.417. The third kappa shape index (κ3) is 2.73. The minimum Gasteiger partial charge on any atom is -0.394 e. The van der Waals surface area contributed by atoms with E-state index in [1.807, 2.05) is 0 Å². The third-order valence-electron chi connectivity index (χ3n) is 1.67. The highest BCUT2D eigenvalue weighted by Crippen LogP contribution is 2.06. The lowest BCUT2D eigenvalue weighted by Gasteiger charge is -2.28. The van der Waals surface area contributed by atoms with Gasteiger partial charge in [0.15, 0.2) is 0 Å². The Hall–Kier alpha value is -0.810. The molecule has 0 saturated carbocycles. The molecule has 0 aliphatic heterocycles. The largest absolute Gasteiger partial charge is 0.394 e. The molecule has 0 atom stereocenters. The standard InChI is InChI=1S/C6H14N2O3/c1-2-6(3-9,4-10)8-5(7)11/h9-10H,2-4H2,1H3,(H3,7,8,11). The van der Waals surface area contributed by atoms with Crippen molar-refractivity contribution in [3.05, 3.63) is 0 Å². The van der Waals surface area contributed by atoms with Gasteiger partial charge in [0.25, 0.3) is 0 Å². The number of hydrogen-bond acceptors (Lipinski definition) is 3. The van der Waals surface area contributed by atoms with E-state index >= 15 is 0 Å². The van der Waals surface area contributed by atoms with Gasteiger partial charge in [-0.3, -0.25) is 0 Å². The van der Waals surface area contributed by atoms with E-state index in [1.165, 1.54) is 0 Å². The molecule has 0 fully saturated rings. The van der Waals surface area contributed by atoms with Crippen LogP contribution < -0.4 is 11.1 Å². The normalized spacial score (nSPS) is 11.2. The van der Waals surface area contributed by atoms with Gasteiger partial charge in [-0.1, -0.05) is 6.92 Å². The molecule has 0 aromatic carbocycles. The van der Waals surface area contributed by atoms with Gasteiger partial charge in [-0.2, -0.15) is 0 Å². The van der Waals surface area contributed by atoms with Crippen LogP contribution in [0.1, 0.15) is 13.3 Å². The number of primary amides is 1. The van der Waals surface area contributed by atoms with Crippen LogP contribution in [0, 0.1) is 0 Å². The van der Waals surface area contributed by atoms with Gasteiger partial charge in [0.05, 0.1) is 18.8 Å². The number of amides is 2. The number of carbonyl (C=O) groups excluding carboxylic acids is 1. The zero-order valence-corrected chi connectivity index (χ0v) is 6.50. The monoisotopic (exact) mass is 162 g/mol. The predicted molar refractivity (Wildman–Crippen MR) is 39.9 cm³/mol. The van der Waals surface area contributed by atoms with Gasteiger partial charge in [0.2, 0.25) is 0 Å². The van der Waals surface area contributed by atoms with Gasteiger partial charge in [-0.25, -0.2) is 4.79 Å². The first-order valence-electron chi connectivity index (χ1n) is 3.39. The Morgan fingerprint density at radius 2 is 2.00 bits per heavy atom. The highest BCUT2D eigenvalue weighted by atomic mass is 16.3. The maximum atomic E-state index is 10.4. The van der Waals surface area contributed by atoms with Crippen LogP contribution in [0.3, 0.4) is 0 Å². The van der Waals surface area contributed by atoms with Crippen molar-refractivity contribution in [1.82, 2.24) is 5.32 Å². The number of aliphatic hydroxyl groups is 2. The molecule has 0 aliphatic carbocycles. The van der Waals surface area contributed by atoms with Crippen molar-refractivity contribution in [2.75, 3.05) is 13.2 Å². The molecule has 0 aromatic rings. The van der Waals surface area contributed by atoms with Crippen molar-refractivity contribution < 1.29 is 15.0 Å². The van der Waals surface area contributed by atoms with Crippen molar-refractivity contribution in [2.24, 2.45) is 5.73 Å². The predicted octanol–water partition coefficient (Wildman–Crippen LogP) is -1.21. The Morgan fingerprint density at radius 1 is 1.55 bits per heavy atom. The molecular weight excluding hydrogens is 148 g/mol. The summed E-state index contributed by atoms with van der Waals surface area (Å²) >= 11 is 0. The molecule has 0 spiro atoms. The van der Waals surface area contributed by atoms with Crippen molar-refractivity contribution >= 4 is 6.03 Å². The lowest BCUT2D eigenvalue weighted by molar-refractivity contribution is 0.0949. The first kappa shape index (κ1) is 10.2. The molecule has 0 bridgehead atoms. The Kier molecular flexibility index (Phi) is 3.84. The molecule has 0 heterocycles. The molecule has 0 rings (SSSR count). The van der Waals surface area contributed by atoms with Crippen LogP contribution in [0.4, 0.5) is 4.79 Å². The van der Waals surface area contributed by atoms with E-state index in [4.69, 9.17) is 15.9 Å². The van der Waals surface area contributed by atoms with Crippen molar-refractivity contribution in [3.8, 4) is 0 Å². The molecule has 0 aromatic heterocycles. The van der Waals surface area contributed by atoms with E-state index in [1.54, 1.807) is 6.92 Å². The van der Waals surface area contributed by atoms with E-state index in [2.05, 4.69) is 5.32 Å². The molecule has 0 saturated heterocycles. The second-order valence-electron chi connectivity index (χ2n) is 2.44. The Labute approximate surface area is 65.2 Å². The number of carbonyl (C=O) groups is 1. The second kappa shape index (κ2) is 4.15. The van der Waals surface area contributed by atoms with Crippen LogP contribution in [0.5, 0.6) is 0 Å². The molecule has 5 nitrogen and oxygen atoms in total. The smallest absolute Gasteiger partial charge is 0.312 e. The van der Waals surface area contributed by atoms with Crippen LogP contribution in [0.2, 0.25) is 0 Å². The van der Waals surface area contributed by atoms with E-state index in [0.29, 0.717) is 6.42 Å². The molecule has 2 amide bonds. The van der Waals surface area contributed by atoms with Crippen LogP contribution in [-0.2, 0) is 0 Å². The molecule has 11 heavy (non-hydrogen) atoms. The summed E-state index contributed by atoms with van der Waals surface area (Å²) in [5.74, 6) is 0. The zero-order valence-electron chi connectivity index (χ0n) is 6.50. The van der Waals surface area contributed by atoms with E-state index < -0.39 is 11.6 Å². The van der Waals surface area contributed by atoms with Crippen molar-refractivity contribution in [3.63, 3.8) is 0 Å². The number of rotatable bonds is 4. The summed E-state index contributed by atoms with van der Waals surface area (Å²) in [4.78, 5) is 10.4.